The van der Waals surface area contributed by atoms with E-state index in [1.54, 1.807) is 0 Å². The summed E-state index contributed by atoms with van der Waals surface area (Å²) in [6.07, 6.45) is 0. The van der Waals surface area contributed by atoms with E-state index in [9.17, 15) is 4.57 Å². The zero-order valence-corrected chi connectivity index (χ0v) is 7.10. The van der Waals surface area contributed by atoms with Crippen LogP contribution in [0.3, 0.4) is 0 Å². The summed E-state index contributed by atoms with van der Waals surface area (Å²) < 4.78 is 14.0. The van der Waals surface area contributed by atoms with E-state index in [-0.39, 0.29) is 0 Å². The van der Waals surface area contributed by atoms with E-state index in [0.29, 0.717) is 0 Å². The fourth-order valence-corrected chi connectivity index (χ4v) is 0.715. The van der Waals surface area contributed by atoms with E-state index >= 15 is 0 Å². The normalized spacial score (nSPS) is 11.0. The van der Waals surface area contributed by atoms with Crippen molar-refractivity contribution in [2.24, 2.45) is 5.41 Å². The zero-order chi connectivity index (χ0) is 10.5. The van der Waals surface area contributed by atoms with Gasteiger partial charge in [-0.1, -0.05) is 0 Å². The minimum absolute atomic E-state index is 0.944. The first-order valence-electron chi connectivity index (χ1n) is 2.83. The van der Waals surface area contributed by atoms with Crippen molar-refractivity contribution < 1.29 is 18.9 Å². The van der Waals surface area contributed by atoms with E-state index in [1.807, 2.05) is 0 Å². The molecular formula is C5H4N3O4P. The second-order valence-corrected chi connectivity index (χ2v) is 3.24. The van der Waals surface area contributed by atoms with Gasteiger partial charge >= 0.3 is 7.82 Å². The third-order valence-electron chi connectivity index (χ3n) is 1.02. The van der Waals surface area contributed by atoms with Gasteiger partial charge in [0.2, 0.25) is 0 Å². The highest BCUT2D eigenvalue weighted by molar-refractivity contribution is 7.46. The maximum absolute atomic E-state index is 10.2. The molecule has 0 aliphatic heterocycles. The largest absolute Gasteiger partial charge is 0.469 e. The van der Waals surface area contributed by atoms with Crippen molar-refractivity contribution in [1.29, 1.82) is 15.8 Å². The van der Waals surface area contributed by atoms with Gasteiger partial charge in [-0.2, -0.15) is 15.8 Å². The highest BCUT2D eigenvalue weighted by Crippen LogP contribution is 2.37. The van der Waals surface area contributed by atoms with Crippen LogP contribution in [0.1, 0.15) is 0 Å². The fraction of sp³-hybridized carbons (Fsp3) is 0.400. The molecule has 0 fully saturated rings. The van der Waals surface area contributed by atoms with Crippen LogP contribution >= 0.6 is 7.82 Å². The van der Waals surface area contributed by atoms with Crippen molar-refractivity contribution in [1.82, 2.24) is 0 Å². The van der Waals surface area contributed by atoms with Gasteiger partial charge in [-0.15, -0.1) is 0 Å². The number of nitriles is 3. The molecule has 0 aliphatic rings. The summed E-state index contributed by atoms with van der Waals surface area (Å²) in [5.74, 6) is 0. The Morgan fingerprint density at radius 3 is 1.85 bits per heavy atom. The zero-order valence-electron chi connectivity index (χ0n) is 6.21. The Morgan fingerprint density at radius 2 is 1.62 bits per heavy atom. The Balaban J connectivity index is 4.54. The van der Waals surface area contributed by atoms with Crippen molar-refractivity contribution in [3.63, 3.8) is 0 Å². The number of nitrogens with zero attached hydrogens (tertiary/aromatic N) is 3. The molecule has 8 heteroatoms. The molecule has 0 aromatic carbocycles. The molecular weight excluding hydrogens is 197 g/mol. The number of hydrogen-bond donors (Lipinski definition) is 2. The Morgan fingerprint density at radius 1 is 1.23 bits per heavy atom. The molecule has 0 saturated carbocycles. The molecule has 0 aromatic heterocycles. The second kappa shape index (κ2) is 4.00. The molecule has 2 N–H and O–H groups in total. The van der Waals surface area contributed by atoms with Gasteiger partial charge < -0.3 is 9.79 Å². The average Bonchev–Trinajstić information content (AvgIpc) is 2.06. The molecule has 0 heterocycles. The highest BCUT2D eigenvalue weighted by Gasteiger charge is 2.33. The van der Waals surface area contributed by atoms with E-state index in [2.05, 4.69) is 4.52 Å². The van der Waals surface area contributed by atoms with Gasteiger partial charge in [0.15, 0.2) is 0 Å². The lowest BCUT2D eigenvalue weighted by Gasteiger charge is -2.09. The Hall–Kier alpha value is -1.42. The summed E-state index contributed by atoms with van der Waals surface area (Å²) in [4.78, 5) is 16.5. The first-order valence-corrected chi connectivity index (χ1v) is 4.36. The fourth-order valence-electron chi connectivity index (χ4n) is 0.353. The molecule has 0 amide bonds. The molecule has 0 atom stereocenters. The number of phosphoric acid groups is 1. The number of hydrogen-bond acceptors (Lipinski definition) is 5. The van der Waals surface area contributed by atoms with Crippen LogP contribution < -0.4 is 0 Å². The molecule has 0 unspecified atom stereocenters. The van der Waals surface area contributed by atoms with Crippen LogP contribution in [-0.2, 0) is 9.09 Å². The van der Waals surface area contributed by atoms with E-state index < -0.39 is 19.8 Å². The Labute approximate surface area is 73.6 Å². The average molecular weight is 201 g/mol. The van der Waals surface area contributed by atoms with Crippen LogP contribution in [0.25, 0.3) is 0 Å². The first kappa shape index (κ1) is 11.6. The standard InChI is InChI=1S/C5H4N3O4P/c6-1-5(2-7,3-8)4-12-13(9,10)11/h4H2,(H2,9,10,11). The third kappa shape index (κ3) is 3.66. The van der Waals surface area contributed by atoms with Gasteiger partial charge in [-0.25, -0.2) is 4.57 Å². The van der Waals surface area contributed by atoms with Crippen molar-refractivity contribution in [2.45, 2.75) is 0 Å². The molecule has 0 aliphatic carbocycles. The van der Waals surface area contributed by atoms with Crippen LogP contribution in [0.15, 0.2) is 0 Å². The minimum atomic E-state index is -4.76. The molecule has 0 spiro atoms. The van der Waals surface area contributed by atoms with Crippen LogP contribution in [0, 0.1) is 39.4 Å². The first-order chi connectivity index (χ1) is 5.89. The van der Waals surface area contributed by atoms with Gasteiger partial charge in [0, 0.05) is 0 Å². The van der Waals surface area contributed by atoms with Gasteiger partial charge in [-0.3, -0.25) is 4.52 Å². The monoisotopic (exact) mass is 201 g/mol. The maximum Gasteiger partial charge on any atom is 0.469 e. The molecule has 0 saturated heterocycles. The summed E-state index contributed by atoms with van der Waals surface area (Å²) >= 11 is 0. The van der Waals surface area contributed by atoms with Crippen LogP contribution in [-0.4, -0.2) is 16.4 Å². The Bertz CT molecular complexity index is 317. The molecule has 0 rings (SSSR count). The molecule has 68 valence electrons. The van der Waals surface area contributed by atoms with Gasteiger partial charge in [-0.05, 0) is 0 Å². The van der Waals surface area contributed by atoms with Gasteiger partial charge in [0.25, 0.3) is 5.41 Å². The summed E-state index contributed by atoms with van der Waals surface area (Å²) in [6.45, 7) is -0.944. The number of rotatable bonds is 3. The SMILES string of the molecule is N#CC(C#N)(C#N)COP(=O)(O)O. The van der Waals surface area contributed by atoms with Crippen molar-refractivity contribution >= 4 is 7.82 Å². The van der Waals surface area contributed by atoms with Crippen LogP contribution in [0.5, 0.6) is 0 Å². The maximum atomic E-state index is 10.2. The lowest BCUT2D eigenvalue weighted by Crippen LogP contribution is -2.20. The summed E-state index contributed by atoms with van der Waals surface area (Å²) in [7, 11) is -4.76. The number of phosphoric ester groups is 1. The molecule has 0 radical (unpaired) electrons. The summed E-state index contributed by atoms with van der Waals surface area (Å²) in [5.41, 5.74) is -2.17. The lowest BCUT2D eigenvalue weighted by atomic mass is 9.96. The van der Waals surface area contributed by atoms with E-state index in [1.165, 1.54) is 18.2 Å². The smallest absolute Gasteiger partial charge is 0.303 e. The highest BCUT2D eigenvalue weighted by atomic mass is 31.2. The van der Waals surface area contributed by atoms with Gasteiger partial charge in [0.05, 0.1) is 0 Å². The summed E-state index contributed by atoms with van der Waals surface area (Å²) in [5, 5.41) is 25.0. The van der Waals surface area contributed by atoms with Gasteiger partial charge in [0.1, 0.15) is 24.8 Å². The predicted molar refractivity (Wildman–Crippen MR) is 37.3 cm³/mol. The predicted octanol–water partition coefficient (Wildman–Crippen LogP) is -0.347. The summed E-state index contributed by atoms with van der Waals surface area (Å²) in [6, 6.07) is 3.89. The topological polar surface area (TPSA) is 138 Å². The third-order valence-corrected chi connectivity index (χ3v) is 1.49. The molecule has 13 heavy (non-hydrogen) atoms. The van der Waals surface area contributed by atoms with E-state index in [4.69, 9.17) is 25.6 Å². The molecule has 0 bridgehead atoms. The quantitative estimate of drug-likeness (QED) is 0.595. The van der Waals surface area contributed by atoms with Crippen molar-refractivity contribution in [3.8, 4) is 18.2 Å². The van der Waals surface area contributed by atoms with Crippen molar-refractivity contribution in [2.75, 3.05) is 6.61 Å². The molecule has 7 nitrogen and oxygen atoms in total. The van der Waals surface area contributed by atoms with Crippen LogP contribution in [0.2, 0.25) is 0 Å². The second-order valence-electron chi connectivity index (χ2n) is 2.00. The minimum Gasteiger partial charge on any atom is -0.303 e. The Kier molecular flexibility index (Phi) is 3.56. The van der Waals surface area contributed by atoms with E-state index in [0.717, 1.165) is 0 Å². The molecule has 0 aromatic rings. The van der Waals surface area contributed by atoms with Crippen LogP contribution in [0.4, 0.5) is 0 Å². The van der Waals surface area contributed by atoms with Crippen molar-refractivity contribution in [3.05, 3.63) is 0 Å². The lowest BCUT2D eigenvalue weighted by molar-refractivity contribution is 0.177.